The first-order valence-electron chi connectivity index (χ1n) is 6.12. The van der Waals surface area contributed by atoms with E-state index in [-0.39, 0.29) is 6.03 Å². The molecule has 1 N–H and O–H groups in total. The first-order chi connectivity index (χ1) is 8.68. The van der Waals surface area contributed by atoms with Gasteiger partial charge in [-0.25, -0.2) is 4.79 Å². The lowest BCUT2D eigenvalue weighted by Crippen LogP contribution is -2.50. The minimum atomic E-state index is 0.104. The van der Waals surface area contributed by atoms with E-state index >= 15 is 0 Å². The highest BCUT2D eigenvalue weighted by Gasteiger charge is 2.20. The van der Waals surface area contributed by atoms with Crippen LogP contribution in [-0.4, -0.2) is 49.1 Å². The first kappa shape index (κ1) is 13.4. The van der Waals surface area contributed by atoms with E-state index in [9.17, 15) is 4.79 Å². The zero-order valence-electron chi connectivity index (χ0n) is 10.5. The van der Waals surface area contributed by atoms with Crippen molar-refractivity contribution < 1.29 is 4.79 Å². The Hall–Kier alpha value is -1.07. The third-order valence-corrected chi connectivity index (χ3v) is 3.85. The Bertz CT molecular complexity index is 418. The van der Waals surface area contributed by atoms with Gasteiger partial charge in [-0.2, -0.15) is 0 Å². The van der Waals surface area contributed by atoms with E-state index in [0.717, 1.165) is 36.2 Å². The Morgan fingerprint density at radius 2 is 2.06 bits per heavy atom. The fraction of sp³-hybridized carbons (Fsp3) is 0.462. The van der Waals surface area contributed by atoms with Crippen LogP contribution in [0.1, 0.15) is 5.56 Å². The number of halogens is 1. The lowest BCUT2D eigenvalue weighted by atomic mass is 10.2. The van der Waals surface area contributed by atoms with E-state index in [2.05, 4.69) is 21.2 Å². The van der Waals surface area contributed by atoms with Crippen molar-refractivity contribution in [3.8, 4) is 0 Å². The Morgan fingerprint density at radius 3 is 2.72 bits per heavy atom. The number of benzene rings is 1. The number of nitrogens with one attached hydrogen (secondary N) is 1. The van der Waals surface area contributed by atoms with Crippen LogP contribution in [0.25, 0.3) is 0 Å². The van der Waals surface area contributed by atoms with Gasteiger partial charge in [-0.05, 0) is 11.6 Å². The van der Waals surface area contributed by atoms with Gasteiger partial charge < -0.3 is 15.1 Å². The Morgan fingerprint density at radius 1 is 1.39 bits per heavy atom. The lowest BCUT2D eigenvalue weighted by Gasteiger charge is -2.31. The molecule has 18 heavy (non-hydrogen) atoms. The summed E-state index contributed by atoms with van der Waals surface area (Å²) < 4.78 is 1.05. The second-order valence-corrected chi connectivity index (χ2v) is 5.32. The van der Waals surface area contributed by atoms with Gasteiger partial charge in [0.25, 0.3) is 0 Å². The highest BCUT2D eigenvalue weighted by atomic mass is 79.9. The Labute approximate surface area is 116 Å². The molecule has 0 unspecified atom stereocenters. The predicted octanol–water partition coefficient (Wildman–Crippen LogP) is 1.91. The van der Waals surface area contributed by atoms with Crippen molar-refractivity contribution in [2.24, 2.45) is 0 Å². The average Bonchev–Trinajstić information content (AvgIpc) is 2.41. The number of nitrogens with zero attached hydrogens (tertiary/aromatic N) is 2. The van der Waals surface area contributed by atoms with Crippen molar-refractivity contribution in [2.75, 3.05) is 33.2 Å². The summed E-state index contributed by atoms with van der Waals surface area (Å²) in [5.41, 5.74) is 1.13. The first-order valence-corrected chi connectivity index (χ1v) is 6.92. The molecule has 0 saturated carbocycles. The van der Waals surface area contributed by atoms with Gasteiger partial charge in [0.1, 0.15) is 0 Å². The van der Waals surface area contributed by atoms with Gasteiger partial charge in [-0.3, -0.25) is 0 Å². The van der Waals surface area contributed by atoms with Crippen LogP contribution in [0.15, 0.2) is 28.7 Å². The zero-order chi connectivity index (χ0) is 13.0. The average molecular weight is 312 g/mol. The molecule has 1 aromatic carbocycles. The van der Waals surface area contributed by atoms with Gasteiger partial charge in [0.2, 0.25) is 0 Å². The fourth-order valence-corrected chi connectivity index (χ4v) is 2.46. The van der Waals surface area contributed by atoms with Gasteiger partial charge >= 0.3 is 6.03 Å². The van der Waals surface area contributed by atoms with Gasteiger partial charge in [0, 0.05) is 44.2 Å². The SMILES string of the molecule is CN(Cc1ccccc1Br)C(=O)N1CCNCC1. The molecule has 1 aliphatic heterocycles. The summed E-state index contributed by atoms with van der Waals surface area (Å²) in [7, 11) is 1.85. The summed E-state index contributed by atoms with van der Waals surface area (Å²) in [5.74, 6) is 0. The molecule has 1 saturated heterocycles. The van der Waals surface area contributed by atoms with Crippen LogP contribution in [-0.2, 0) is 6.54 Å². The Balaban J connectivity index is 1.96. The molecule has 0 aliphatic carbocycles. The molecule has 2 amide bonds. The van der Waals surface area contributed by atoms with Gasteiger partial charge in [-0.1, -0.05) is 34.1 Å². The van der Waals surface area contributed by atoms with Crippen LogP contribution in [0.5, 0.6) is 0 Å². The second-order valence-electron chi connectivity index (χ2n) is 4.47. The number of piperazine rings is 1. The summed E-state index contributed by atoms with van der Waals surface area (Å²) in [5, 5.41) is 3.25. The van der Waals surface area contributed by atoms with Crippen molar-refractivity contribution in [2.45, 2.75) is 6.54 Å². The van der Waals surface area contributed by atoms with Gasteiger partial charge in [0.15, 0.2) is 0 Å². The van der Waals surface area contributed by atoms with Crippen molar-refractivity contribution in [1.29, 1.82) is 0 Å². The van der Waals surface area contributed by atoms with E-state index in [0.29, 0.717) is 6.54 Å². The van der Waals surface area contributed by atoms with Crippen molar-refractivity contribution in [1.82, 2.24) is 15.1 Å². The molecule has 1 heterocycles. The standard InChI is InChI=1S/C13H18BrN3O/c1-16(10-11-4-2-3-5-12(11)14)13(18)17-8-6-15-7-9-17/h2-5,15H,6-10H2,1H3. The molecule has 2 rings (SSSR count). The van der Waals surface area contributed by atoms with Crippen LogP contribution in [0.3, 0.4) is 0 Å². The molecule has 5 heteroatoms. The fourth-order valence-electron chi connectivity index (χ4n) is 2.05. The number of hydrogen-bond acceptors (Lipinski definition) is 2. The molecule has 4 nitrogen and oxygen atoms in total. The topological polar surface area (TPSA) is 35.6 Å². The predicted molar refractivity (Wildman–Crippen MR) is 75.4 cm³/mol. The normalized spacial score (nSPS) is 15.6. The summed E-state index contributed by atoms with van der Waals surface area (Å²) in [6, 6.07) is 8.10. The maximum absolute atomic E-state index is 12.2. The molecule has 0 spiro atoms. The molecule has 1 aliphatic rings. The number of urea groups is 1. The number of carbonyl (C=O) groups excluding carboxylic acids is 1. The molecule has 0 aromatic heterocycles. The summed E-state index contributed by atoms with van der Waals surface area (Å²) in [6.45, 7) is 3.98. The molecule has 0 atom stereocenters. The van der Waals surface area contributed by atoms with E-state index < -0.39 is 0 Å². The summed E-state index contributed by atoms with van der Waals surface area (Å²) in [4.78, 5) is 15.9. The van der Waals surface area contributed by atoms with Crippen LogP contribution >= 0.6 is 15.9 Å². The number of hydrogen-bond donors (Lipinski definition) is 1. The van der Waals surface area contributed by atoms with E-state index in [1.165, 1.54) is 0 Å². The molecular weight excluding hydrogens is 294 g/mol. The zero-order valence-corrected chi connectivity index (χ0v) is 12.1. The molecule has 98 valence electrons. The van der Waals surface area contributed by atoms with Crippen molar-refractivity contribution >= 4 is 22.0 Å². The molecule has 1 fully saturated rings. The van der Waals surface area contributed by atoms with Crippen molar-refractivity contribution in [3.63, 3.8) is 0 Å². The number of rotatable bonds is 2. The van der Waals surface area contributed by atoms with E-state index in [1.54, 1.807) is 4.90 Å². The minimum absolute atomic E-state index is 0.104. The van der Waals surface area contributed by atoms with E-state index in [4.69, 9.17) is 0 Å². The van der Waals surface area contributed by atoms with E-state index in [1.807, 2.05) is 36.2 Å². The Kier molecular flexibility index (Phi) is 4.60. The van der Waals surface area contributed by atoms with Crippen LogP contribution < -0.4 is 5.32 Å². The third kappa shape index (κ3) is 3.23. The number of carbonyl (C=O) groups is 1. The second kappa shape index (κ2) is 6.20. The largest absolute Gasteiger partial charge is 0.323 e. The molecule has 0 bridgehead atoms. The monoisotopic (exact) mass is 311 g/mol. The van der Waals surface area contributed by atoms with Crippen molar-refractivity contribution in [3.05, 3.63) is 34.3 Å². The highest BCUT2D eigenvalue weighted by Crippen LogP contribution is 2.17. The molecular formula is C13H18BrN3O. The maximum atomic E-state index is 12.2. The van der Waals surface area contributed by atoms with Gasteiger partial charge in [0.05, 0.1) is 0 Å². The van der Waals surface area contributed by atoms with Crippen LogP contribution in [0, 0.1) is 0 Å². The molecule has 1 aromatic rings. The molecule has 0 radical (unpaired) electrons. The minimum Gasteiger partial charge on any atom is -0.323 e. The van der Waals surface area contributed by atoms with Gasteiger partial charge in [-0.15, -0.1) is 0 Å². The smallest absolute Gasteiger partial charge is 0.320 e. The summed E-state index contributed by atoms with van der Waals surface area (Å²) >= 11 is 3.51. The maximum Gasteiger partial charge on any atom is 0.320 e. The quantitative estimate of drug-likeness (QED) is 0.905. The van der Waals surface area contributed by atoms with Crippen LogP contribution in [0.4, 0.5) is 4.79 Å². The van der Waals surface area contributed by atoms with Crippen LogP contribution in [0.2, 0.25) is 0 Å². The number of amides is 2. The summed E-state index contributed by atoms with van der Waals surface area (Å²) in [6.07, 6.45) is 0. The lowest BCUT2D eigenvalue weighted by molar-refractivity contribution is 0.154. The highest BCUT2D eigenvalue weighted by molar-refractivity contribution is 9.10. The third-order valence-electron chi connectivity index (χ3n) is 3.08.